The highest BCUT2D eigenvalue weighted by Gasteiger charge is 2.25. The molecular formula is C26H34ClN3O6. The first kappa shape index (κ1) is 27.6. The van der Waals surface area contributed by atoms with E-state index in [1.807, 2.05) is 18.2 Å². The molecule has 1 saturated heterocycles. The van der Waals surface area contributed by atoms with E-state index in [4.69, 9.17) is 26.9 Å². The summed E-state index contributed by atoms with van der Waals surface area (Å²) in [4.78, 5) is 32.8. The van der Waals surface area contributed by atoms with Gasteiger partial charge in [0.05, 0.1) is 10.7 Å². The molecule has 0 aromatic heterocycles. The second-order valence-corrected chi connectivity index (χ2v) is 9.12. The number of carbonyl (C=O) groups is 2. The monoisotopic (exact) mass is 519 g/mol. The molecule has 0 saturated carbocycles. The summed E-state index contributed by atoms with van der Waals surface area (Å²) in [6.45, 7) is 1.58. The molecule has 36 heavy (non-hydrogen) atoms. The Labute approximate surface area is 216 Å². The van der Waals surface area contributed by atoms with Gasteiger partial charge in [0.25, 0.3) is 5.91 Å². The number of allylic oxidation sites excluding steroid dienone is 3. The number of halogens is 1. The summed E-state index contributed by atoms with van der Waals surface area (Å²) in [6, 6.07) is 0.994. The van der Waals surface area contributed by atoms with Crippen molar-refractivity contribution < 1.29 is 29.4 Å². The van der Waals surface area contributed by atoms with Gasteiger partial charge >= 0.3 is 5.97 Å². The van der Waals surface area contributed by atoms with Crippen molar-refractivity contribution in [2.24, 2.45) is 5.73 Å². The molecule has 1 atom stereocenters. The molecule has 1 unspecified atom stereocenters. The van der Waals surface area contributed by atoms with Crippen LogP contribution in [0.4, 0.5) is 0 Å². The van der Waals surface area contributed by atoms with E-state index >= 15 is 0 Å². The molecule has 0 aliphatic carbocycles. The SMILES string of the molecule is NCCC1CC=CCCC=C/C(NOCC(=O)N2CCCCC2)=C/c2c(Cl)c(O)cc(O)c2C(=O)O1. The number of fused-ring (bicyclic) bond motifs is 1. The van der Waals surface area contributed by atoms with E-state index in [-0.39, 0.29) is 28.7 Å². The summed E-state index contributed by atoms with van der Waals surface area (Å²) in [5.74, 6) is -1.80. The number of rotatable bonds is 6. The number of nitrogens with zero attached hydrogens (tertiary/aromatic N) is 1. The normalized spacial score (nSPS) is 20.6. The van der Waals surface area contributed by atoms with E-state index in [0.717, 1.165) is 38.2 Å². The predicted octanol–water partition coefficient (Wildman–Crippen LogP) is 3.80. The largest absolute Gasteiger partial charge is 0.507 e. The first-order valence-corrected chi connectivity index (χ1v) is 12.6. The second-order valence-electron chi connectivity index (χ2n) is 8.74. The smallest absolute Gasteiger partial charge is 0.342 e. The molecular weight excluding hydrogens is 486 g/mol. The van der Waals surface area contributed by atoms with Crippen LogP contribution >= 0.6 is 11.6 Å². The molecule has 10 heteroatoms. The van der Waals surface area contributed by atoms with Crippen molar-refractivity contribution in [3.05, 3.63) is 52.2 Å². The minimum Gasteiger partial charge on any atom is -0.507 e. The molecule has 2 aliphatic rings. The molecule has 1 aromatic carbocycles. The highest BCUT2D eigenvalue weighted by molar-refractivity contribution is 6.34. The van der Waals surface area contributed by atoms with Crippen LogP contribution in [0.25, 0.3) is 6.08 Å². The number of amides is 1. The number of phenols is 2. The quantitative estimate of drug-likeness (QED) is 0.253. The summed E-state index contributed by atoms with van der Waals surface area (Å²) >= 11 is 6.35. The third kappa shape index (κ3) is 7.74. The molecule has 5 N–H and O–H groups in total. The number of hydrogen-bond acceptors (Lipinski definition) is 8. The van der Waals surface area contributed by atoms with Crippen molar-refractivity contribution in [2.75, 3.05) is 26.2 Å². The Balaban J connectivity index is 1.90. The minimum atomic E-state index is -0.797. The van der Waals surface area contributed by atoms with Crippen LogP contribution in [0.5, 0.6) is 11.5 Å². The van der Waals surface area contributed by atoms with Gasteiger partial charge in [-0.15, -0.1) is 0 Å². The van der Waals surface area contributed by atoms with Gasteiger partial charge in [-0.05, 0) is 57.2 Å². The van der Waals surface area contributed by atoms with E-state index in [0.29, 0.717) is 38.2 Å². The number of nitrogens with one attached hydrogen (secondary N) is 1. The Morgan fingerprint density at radius 2 is 1.92 bits per heavy atom. The number of piperidine rings is 1. The fourth-order valence-electron chi connectivity index (χ4n) is 4.07. The van der Waals surface area contributed by atoms with Crippen LogP contribution in [0.1, 0.15) is 60.9 Å². The summed E-state index contributed by atoms with van der Waals surface area (Å²) in [5.41, 5.74) is 8.64. The van der Waals surface area contributed by atoms with Gasteiger partial charge in [-0.1, -0.05) is 29.8 Å². The molecule has 0 radical (unpaired) electrons. The molecule has 0 spiro atoms. The van der Waals surface area contributed by atoms with Crippen molar-refractivity contribution in [3.8, 4) is 11.5 Å². The highest BCUT2D eigenvalue weighted by atomic mass is 35.5. The number of ether oxygens (including phenoxy) is 1. The van der Waals surface area contributed by atoms with Crippen molar-refractivity contribution >= 4 is 29.6 Å². The number of likely N-dealkylation sites (tertiary alicyclic amines) is 1. The zero-order valence-corrected chi connectivity index (χ0v) is 21.0. The van der Waals surface area contributed by atoms with Gasteiger partial charge in [0.2, 0.25) is 0 Å². The Kier molecular flexibility index (Phi) is 10.7. The maximum absolute atomic E-state index is 13.1. The van der Waals surface area contributed by atoms with Crippen LogP contribution < -0.4 is 11.2 Å². The number of esters is 1. The fourth-order valence-corrected chi connectivity index (χ4v) is 4.28. The molecule has 1 aromatic rings. The Morgan fingerprint density at radius 1 is 1.17 bits per heavy atom. The van der Waals surface area contributed by atoms with E-state index in [9.17, 15) is 19.8 Å². The average Bonchev–Trinajstić information content (AvgIpc) is 2.86. The van der Waals surface area contributed by atoms with E-state index in [2.05, 4.69) is 5.48 Å². The van der Waals surface area contributed by atoms with Gasteiger partial charge in [-0.3, -0.25) is 15.1 Å². The molecule has 2 heterocycles. The number of nitrogens with two attached hydrogens (primary N) is 1. The Bertz CT molecular complexity index is 1020. The lowest BCUT2D eigenvalue weighted by molar-refractivity contribution is -0.139. The van der Waals surface area contributed by atoms with E-state index in [1.165, 1.54) is 6.08 Å². The van der Waals surface area contributed by atoms with Crippen LogP contribution in [0, 0.1) is 0 Å². The Morgan fingerprint density at radius 3 is 2.67 bits per heavy atom. The average molecular weight is 520 g/mol. The predicted molar refractivity (Wildman–Crippen MR) is 137 cm³/mol. The molecule has 2 aliphatic heterocycles. The third-order valence-corrected chi connectivity index (χ3v) is 6.38. The Hall–Kier alpha value is -3.01. The van der Waals surface area contributed by atoms with Crippen LogP contribution in [-0.4, -0.2) is 59.3 Å². The van der Waals surface area contributed by atoms with Crippen LogP contribution in [0.3, 0.4) is 0 Å². The van der Waals surface area contributed by atoms with E-state index in [1.54, 1.807) is 11.0 Å². The lowest BCUT2D eigenvalue weighted by atomic mass is 10.0. The minimum absolute atomic E-state index is 0.0522. The van der Waals surface area contributed by atoms with Gasteiger partial charge in [-0.2, -0.15) is 0 Å². The van der Waals surface area contributed by atoms with Crippen molar-refractivity contribution in [1.29, 1.82) is 0 Å². The molecule has 196 valence electrons. The highest BCUT2D eigenvalue weighted by Crippen LogP contribution is 2.38. The topological polar surface area (TPSA) is 134 Å². The number of benzene rings is 1. The van der Waals surface area contributed by atoms with Crippen molar-refractivity contribution in [3.63, 3.8) is 0 Å². The summed E-state index contributed by atoms with van der Waals surface area (Å²) in [5, 5.41) is 20.6. The molecule has 1 amide bonds. The van der Waals surface area contributed by atoms with Gasteiger partial charge in [0, 0.05) is 31.1 Å². The number of carbonyl (C=O) groups excluding carboxylic acids is 2. The van der Waals surface area contributed by atoms with Crippen LogP contribution in [-0.2, 0) is 14.4 Å². The maximum atomic E-state index is 13.1. The zero-order valence-electron chi connectivity index (χ0n) is 20.2. The number of phenolic OH excluding ortho intramolecular Hbond substituents is 2. The van der Waals surface area contributed by atoms with Gasteiger partial charge < -0.3 is 25.6 Å². The number of hydroxylamine groups is 1. The summed E-state index contributed by atoms with van der Waals surface area (Å²) in [6.07, 6.45) is 14.0. The molecule has 9 nitrogen and oxygen atoms in total. The van der Waals surface area contributed by atoms with Crippen LogP contribution in [0.2, 0.25) is 5.02 Å². The van der Waals surface area contributed by atoms with Crippen molar-refractivity contribution in [1.82, 2.24) is 10.4 Å². The zero-order chi connectivity index (χ0) is 25.9. The second kappa shape index (κ2) is 13.9. The molecule has 0 bridgehead atoms. The first-order chi connectivity index (χ1) is 17.4. The maximum Gasteiger partial charge on any atom is 0.342 e. The summed E-state index contributed by atoms with van der Waals surface area (Å²) in [7, 11) is 0. The fraction of sp³-hybridized carbons (Fsp3) is 0.462. The van der Waals surface area contributed by atoms with Gasteiger partial charge in [0.1, 0.15) is 23.2 Å². The van der Waals surface area contributed by atoms with Gasteiger partial charge in [0.15, 0.2) is 6.61 Å². The number of hydrogen-bond donors (Lipinski definition) is 4. The number of cyclic esters (lactones) is 1. The van der Waals surface area contributed by atoms with Crippen LogP contribution in [0.15, 0.2) is 36.1 Å². The van der Waals surface area contributed by atoms with Crippen molar-refractivity contribution in [2.45, 2.75) is 51.0 Å². The lowest BCUT2D eigenvalue weighted by Gasteiger charge is -2.26. The third-order valence-electron chi connectivity index (χ3n) is 5.98. The standard InChI is InChI=1S/C26H34ClN3O6/c27-25-20-15-18(29-35-17-23(33)30-13-7-4-8-14-30)9-5-2-1-3-6-10-19(11-12-28)36-26(34)24(20)21(31)16-22(25)32/h3,5-6,9,15-16,19,29,31-32H,1-2,4,7-8,10-14,17,28H2/b6-3?,9-5?,18-15-. The number of aromatic hydroxyl groups is 2. The lowest BCUT2D eigenvalue weighted by Crippen LogP contribution is -2.39. The molecule has 3 rings (SSSR count). The van der Waals surface area contributed by atoms with Gasteiger partial charge in [-0.25, -0.2) is 4.79 Å². The summed E-state index contributed by atoms with van der Waals surface area (Å²) < 4.78 is 5.63. The van der Waals surface area contributed by atoms with E-state index < -0.39 is 23.6 Å². The first-order valence-electron chi connectivity index (χ1n) is 12.2. The molecule has 1 fully saturated rings.